The minimum absolute atomic E-state index is 0.0273. The summed E-state index contributed by atoms with van der Waals surface area (Å²) in [5.41, 5.74) is 2.53. The van der Waals surface area contributed by atoms with Crippen LogP contribution in [0, 0.1) is 11.8 Å². The molecule has 25 heavy (non-hydrogen) atoms. The smallest absolute Gasteiger partial charge is 0.253 e. The highest BCUT2D eigenvalue weighted by Crippen LogP contribution is 2.14. The number of rotatable bonds is 1. The summed E-state index contributed by atoms with van der Waals surface area (Å²) >= 11 is 0. The number of hydrogen-bond acceptors (Lipinski definition) is 2. The molecule has 0 saturated carbocycles. The molecule has 0 unspecified atom stereocenters. The van der Waals surface area contributed by atoms with E-state index in [-0.39, 0.29) is 12.0 Å². The van der Waals surface area contributed by atoms with Gasteiger partial charge in [-0.2, -0.15) is 0 Å². The Morgan fingerprint density at radius 3 is 2.00 bits per heavy atom. The molecule has 1 heterocycles. The summed E-state index contributed by atoms with van der Waals surface area (Å²) in [5.74, 6) is 6.24. The number of nitrogens with zero attached hydrogens (tertiary/aromatic N) is 1. The van der Waals surface area contributed by atoms with Crippen LogP contribution in [-0.2, 0) is 0 Å². The molecule has 130 valence electrons. The van der Waals surface area contributed by atoms with Gasteiger partial charge in [0, 0.05) is 29.8 Å². The second kappa shape index (κ2) is 9.66. The number of aliphatic hydroxyl groups is 1. The number of piperidine rings is 1. The van der Waals surface area contributed by atoms with Crippen molar-refractivity contribution in [2.45, 2.75) is 32.8 Å². The van der Waals surface area contributed by atoms with Gasteiger partial charge in [-0.3, -0.25) is 4.79 Å². The molecule has 1 aliphatic heterocycles. The van der Waals surface area contributed by atoms with Crippen molar-refractivity contribution in [3.8, 4) is 11.8 Å². The quantitative estimate of drug-likeness (QED) is 0.807. The van der Waals surface area contributed by atoms with Gasteiger partial charge in [0.2, 0.25) is 0 Å². The molecule has 2 aromatic carbocycles. The summed E-state index contributed by atoms with van der Waals surface area (Å²) in [5, 5.41) is 9.52. The fourth-order valence-electron chi connectivity index (χ4n) is 2.61. The van der Waals surface area contributed by atoms with Crippen LogP contribution in [0.5, 0.6) is 0 Å². The first kappa shape index (κ1) is 18.8. The molecule has 0 aliphatic carbocycles. The van der Waals surface area contributed by atoms with E-state index in [0.717, 1.165) is 11.1 Å². The zero-order chi connectivity index (χ0) is 18.1. The zero-order valence-electron chi connectivity index (χ0n) is 14.9. The third-order valence-electron chi connectivity index (χ3n) is 4.01. The van der Waals surface area contributed by atoms with Crippen LogP contribution in [0.3, 0.4) is 0 Å². The standard InChI is InChI=1S/C20H19NO2.C2H6/c22-19-12-14-21(15-13-19)20(23)18-10-8-17(9-11-18)7-6-16-4-2-1-3-5-16;1-2/h1-5,8-11,19,22H,12-15H2;1-2H3. The van der Waals surface area contributed by atoms with Crippen molar-refractivity contribution in [1.29, 1.82) is 0 Å². The topological polar surface area (TPSA) is 40.5 Å². The summed E-state index contributed by atoms with van der Waals surface area (Å²) in [6.45, 7) is 5.24. The first-order valence-corrected chi connectivity index (χ1v) is 8.87. The van der Waals surface area contributed by atoms with E-state index >= 15 is 0 Å². The van der Waals surface area contributed by atoms with Crippen LogP contribution in [0.25, 0.3) is 0 Å². The largest absolute Gasteiger partial charge is 0.393 e. The van der Waals surface area contributed by atoms with Gasteiger partial charge >= 0.3 is 0 Å². The maximum Gasteiger partial charge on any atom is 0.253 e. The van der Waals surface area contributed by atoms with Crippen LogP contribution in [0.1, 0.15) is 48.2 Å². The Morgan fingerprint density at radius 2 is 1.44 bits per heavy atom. The molecule has 3 heteroatoms. The fraction of sp³-hybridized carbons (Fsp3) is 0.318. The van der Waals surface area contributed by atoms with Gasteiger partial charge in [-0.1, -0.05) is 43.9 Å². The molecular formula is C22H25NO2. The molecule has 2 aromatic rings. The molecule has 1 N–H and O–H groups in total. The number of hydrogen-bond donors (Lipinski definition) is 1. The summed E-state index contributed by atoms with van der Waals surface area (Å²) < 4.78 is 0. The van der Waals surface area contributed by atoms with Crippen LogP contribution < -0.4 is 0 Å². The van der Waals surface area contributed by atoms with Gasteiger partial charge in [0.15, 0.2) is 0 Å². The second-order valence-corrected chi connectivity index (χ2v) is 5.72. The minimum Gasteiger partial charge on any atom is -0.393 e. The lowest BCUT2D eigenvalue weighted by atomic mass is 10.1. The summed E-state index contributed by atoms with van der Waals surface area (Å²) in [6.07, 6.45) is 1.05. The van der Waals surface area contributed by atoms with Crippen LogP contribution in [0.15, 0.2) is 54.6 Å². The number of aliphatic hydroxyl groups excluding tert-OH is 1. The molecule has 0 radical (unpaired) electrons. The van der Waals surface area contributed by atoms with E-state index in [2.05, 4.69) is 11.8 Å². The van der Waals surface area contributed by atoms with Gasteiger partial charge in [-0.25, -0.2) is 0 Å². The van der Waals surface area contributed by atoms with Gasteiger partial charge in [0.25, 0.3) is 5.91 Å². The van der Waals surface area contributed by atoms with Gasteiger partial charge < -0.3 is 10.0 Å². The molecule has 0 spiro atoms. The third kappa shape index (κ3) is 5.48. The van der Waals surface area contributed by atoms with Crippen molar-refractivity contribution >= 4 is 5.91 Å². The Bertz CT molecular complexity index is 718. The molecule has 1 amide bonds. The second-order valence-electron chi connectivity index (χ2n) is 5.72. The molecule has 3 nitrogen and oxygen atoms in total. The lowest BCUT2D eigenvalue weighted by molar-refractivity contribution is 0.0546. The number of amides is 1. The first-order valence-electron chi connectivity index (χ1n) is 8.87. The summed E-state index contributed by atoms with van der Waals surface area (Å²) in [7, 11) is 0. The van der Waals surface area contributed by atoms with Crippen molar-refractivity contribution in [1.82, 2.24) is 4.90 Å². The van der Waals surface area contributed by atoms with Gasteiger partial charge in [0.05, 0.1) is 6.10 Å². The van der Waals surface area contributed by atoms with Crippen molar-refractivity contribution in [3.05, 3.63) is 71.3 Å². The number of carbonyl (C=O) groups excluding carboxylic acids is 1. The van der Waals surface area contributed by atoms with E-state index in [9.17, 15) is 9.90 Å². The molecule has 3 rings (SSSR count). The average molecular weight is 335 g/mol. The van der Waals surface area contributed by atoms with Crippen LogP contribution in [-0.4, -0.2) is 35.1 Å². The maximum atomic E-state index is 12.4. The highest BCUT2D eigenvalue weighted by molar-refractivity contribution is 5.94. The van der Waals surface area contributed by atoms with Crippen LogP contribution in [0.4, 0.5) is 0 Å². The van der Waals surface area contributed by atoms with Crippen molar-refractivity contribution in [3.63, 3.8) is 0 Å². The summed E-state index contributed by atoms with van der Waals surface area (Å²) in [4.78, 5) is 14.2. The zero-order valence-corrected chi connectivity index (χ0v) is 14.9. The molecule has 1 aliphatic rings. The first-order chi connectivity index (χ1) is 12.2. The molecule has 0 aromatic heterocycles. The number of likely N-dealkylation sites (tertiary alicyclic amines) is 1. The molecule has 0 atom stereocenters. The lowest BCUT2D eigenvalue weighted by Crippen LogP contribution is -2.40. The van der Waals surface area contributed by atoms with E-state index in [1.54, 1.807) is 4.90 Å². The van der Waals surface area contributed by atoms with E-state index in [0.29, 0.717) is 31.5 Å². The normalized spacial score (nSPS) is 14.0. The lowest BCUT2D eigenvalue weighted by Gasteiger charge is -2.29. The van der Waals surface area contributed by atoms with Gasteiger partial charge in [-0.15, -0.1) is 0 Å². The Balaban J connectivity index is 0.00000109. The fourth-order valence-corrected chi connectivity index (χ4v) is 2.61. The van der Waals surface area contributed by atoms with Crippen LogP contribution >= 0.6 is 0 Å². The maximum absolute atomic E-state index is 12.4. The monoisotopic (exact) mass is 335 g/mol. The number of benzene rings is 2. The Morgan fingerprint density at radius 1 is 0.920 bits per heavy atom. The Hall–Kier alpha value is -2.57. The Kier molecular flexibility index (Phi) is 7.25. The number of carbonyl (C=O) groups is 1. The molecule has 0 bridgehead atoms. The highest BCUT2D eigenvalue weighted by atomic mass is 16.3. The molecule has 1 saturated heterocycles. The van der Waals surface area contributed by atoms with Crippen molar-refractivity contribution < 1.29 is 9.90 Å². The third-order valence-corrected chi connectivity index (χ3v) is 4.01. The van der Waals surface area contributed by atoms with E-state index in [1.165, 1.54) is 0 Å². The minimum atomic E-state index is -0.269. The molecule has 1 fully saturated rings. The van der Waals surface area contributed by atoms with Crippen LogP contribution in [0.2, 0.25) is 0 Å². The average Bonchev–Trinajstić information content (AvgIpc) is 2.69. The molecular weight excluding hydrogens is 310 g/mol. The SMILES string of the molecule is CC.O=C(c1ccc(C#Cc2ccccc2)cc1)N1CCC(O)CC1. The summed E-state index contributed by atoms with van der Waals surface area (Å²) in [6, 6.07) is 17.2. The van der Waals surface area contributed by atoms with Gasteiger partial charge in [-0.05, 0) is 49.2 Å². The van der Waals surface area contributed by atoms with Crippen molar-refractivity contribution in [2.24, 2.45) is 0 Å². The predicted molar refractivity (Wildman–Crippen MR) is 101 cm³/mol. The van der Waals surface area contributed by atoms with E-state index < -0.39 is 0 Å². The van der Waals surface area contributed by atoms with E-state index in [1.807, 2.05) is 68.4 Å². The highest BCUT2D eigenvalue weighted by Gasteiger charge is 2.21. The van der Waals surface area contributed by atoms with Crippen molar-refractivity contribution in [2.75, 3.05) is 13.1 Å². The van der Waals surface area contributed by atoms with Gasteiger partial charge in [0.1, 0.15) is 0 Å². The predicted octanol–water partition coefficient (Wildman–Crippen LogP) is 3.71. The Labute approximate surface area is 150 Å². The van der Waals surface area contributed by atoms with E-state index in [4.69, 9.17) is 0 Å².